The molecule has 0 aliphatic heterocycles. The van der Waals surface area contributed by atoms with Crippen LogP contribution in [0.1, 0.15) is 26.7 Å². The van der Waals surface area contributed by atoms with Crippen molar-refractivity contribution in [3.8, 4) is 0 Å². The molecule has 106 valence electrons. The maximum Gasteiger partial charge on any atom is 0.353 e. The maximum absolute atomic E-state index is 11.1. The number of hydrogen-bond donors (Lipinski definition) is 3. The normalized spacial score (nSPS) is 11.9. The quantitative estimate of drug-likeness (QED) is 0.482. The lowest BCUT2D eigenvalue weighted by Crippen LogP contribution is -2.20. The van der Waals surface area contributed by atoms with Crippen LogP contribution in [0.15, 0.2) is 6.33 Å². The van der Waals surface area contributed by atoms with Crippen molar-refractivity contribution in [1.82, 2.24) is 9.97 Å². The summed E-state index contributed by atoms with van der Waals surface area (Å²) in [4.78, 5) is 18.2. The minimum absolute atomic E-state index is 0.117. The van der Waals surface area contributed by atoms with Gasteiger partial charge in [-0.15, -0.1) is 0 Å². The Morgan fingerprint density at radius 3 is 2.53 bits per heavy atom. The van der Waals surface area contributed by atoms with Gasteiger partial charge in [0, 0.05) is 13.1 Å². The van der Waals surface area contributed by atoms with E-state index in [4.69, 9.17) is 0 Å². The van der Waals surface area contributed by atoms with E-state index in [-0.39, 0.29) is 23.9 Å². The van der Waals surface area contributed by atoms with Crippen LogP contribution in [-0.2, 0) is 0 Å². The summed E-state index contributed by atoms with van der Waals surface area (Å²) in [7, 11) is 0. The molecule has 8 nitrogen and oxygen atoms in total. The molecule has 8 heteroatoms. The van der Waals surface area contributed by atoms with Gasteiger partial charge >= 0.3 is 5.69 Å². The van der Waals surface area contributed by atoms with Crippen LogP contribution in [0.2, 0.25) is 0 Å². The zero-order chi connectivity index (χ0) is 14.3. The highest BCUT2D eigenvalue weighted by molar-refractivity contribution is 5.69. The van der Waals surface area contributed by atoms with E-state index in [1.807, 2.05) is 13.8 Å². The van der Waals surface area contributed by atoms with E-state index in [0.29, 0.717) is 13.0 Å². The fourth-order valence-corrected chi connectivity index (χ4v) is 1.63. The molecule has 0 amide bonds. The number of aliphatic hydroxyl groups is 1. The number of nitrogens with one attached hydrogen (secondary N) is 2. The Morgan fingerprint density at radius 1 is 1.37 bits per heavy atom. The van der Waals surface area contributed by atoms with Gasteiger partial charge in [0.2, 0.25) is 11.6 Å². The number of nitrogens with zero attached hydrogens (tertiary/aromatic N) is 3. The Bertz CT molecular complexity index is 427. The second-order valence-corrected chi connectivity index (χ2v) is 4.03. The molecule has 1 aromatic rings. The van der Waals surface area contributed by atoms with Crippen LogP contribution in [0.5, 0.6) is 0 Å². The first-order chi connectivity index (χ1) is 9.10. The molecule has 1 aromatic heterocycles. The van der Waals surface area contributed by atoms with Gasteiger partial charge in [-0.05, 0) is 13.3 Å². The molecule has 0 saturated carbocycles. The van der Waals surface area contributed by atoms with Gasteiger partial charge in [-0.1, -0.05) is 13.3 Å². The van der Waals surface area contributed by atoms with Crippen molar-refractivity contribution >= 4 is 17.3 Å². The summed E-state index contributed by atoms with van der Waals surface area (Å²) in [6, 6.07) is 0. The largest absolute Gasteiger partial charge is 0.391 e. The molecule has 3 N–H and O–H groups in total. The van der Waals surface area contributed by atoms with Crippen LogP contribution in [-0.4, -0.2) is 39.2 Å². The highest BCUT2D eigenvalue weighted by atomic mass is 16.6. The van der Waals surface area contributed by atoms with Crippen LogP contribution in [0.25, 0.3) is 0 Å². The van der Waals surface area contributed by atoms with E-state index in [1.54, 1.807) is 0 Å². The molecule has 19 heavy (non-hydrogen) atoms. The first kappa shape index (κ1) is 15.1. The molecule has 1 heterocycles. The Balaban J connectivity index is 2.87. The molecule has 1 rings (SSSR count). The van der Waals surface area contributed by atoms with Crippen molar-refractivity contribution in [3.05, 3.63) is 16.4 Å². The van der Waals surface area contributed by atoms with Gasteiger partial charge in [-0.2, -0.15) is 0 Å². The van der Waals surface area contributed by atoms with Gasteiger partial charge in [0.25, 0.3) is 0 Å². The summed E-state index contributed by atoms with van der Waals surface area (Å²) in [6.45, 7) is 4.52. The van der Waals surface area contributed by atoms with E-state index in [1.165, 1.54) is 6.33 Å². The molecule has 0 aliphatic rings. The second kappa shape index (κ2) is 7.47. The van der Waals surface area contributed by atoms with Crippen LogP contribution in [0.4, 0.5) is 17.3 Å². The molecular weight excluding hydrogens is 250 g/mol. The van der Waals surface area contributed by atoms with E-state index in [0.717, 1.165) is 6.42 Å². The Morgan fingerprint density at radius 2 is 2.00 bits per heavy atom. The molecule has 0 saturated heterocycles. The second-order valence-electron chi connectivity index (χ2n) is 4.03. The Kier molecular flexibility index (Phi) is 5.94. The zero-order valence-electron chi connectivity index (χ0n) is 11.1. The van der Waals surface area contributed by atoms with Gasteiger partial charge < -0.3 is 15.7 Å². The van der Waals surface area contributed by atoms with Crippen LogP contribution in [0, 0.1) is 10.1 Å². The number of nitro groups is 1. The molecule has 0 fully saturated rings. The summed E-state index contributed by atoms with van der Waals surface area (Å²) in [6.07, 6.45) is 2.17. The lowest BCUT2D eigenvalue weighted by molar-refractivity contribution is -0.383. The molecule has 1 unspecified atom stereocenters. The van der Waals surface area contributed by atoms with Crippen LogP contribution < -0.4 is 10.6 Å². The van der Waals surface area contributed by atoms with E-state index >= 15 is 0 Å². The zero-order valence-corrected chi connectivity index (χ0v) is 11.1. The van der Waals surface area contributed by atoms with Crippen LogP contribution >= 0.6 is 0 Å². The first-order valence-corrected chi connectivity index (χ1v) is 6.25. The summed E-state index contributed by atoms with van der Waals surface area (Å²) in [5.41, 5.74) is -0.201. The summed E-state index contributed by atoms with van der Waals surface area (Å²) < 4.78 is 0. The smallest absolute Gasteiger partial charge is 0.353 e. The maximum atomic E-state index is 11.1. The van der Waals surface area contributed by atoms with E-state index < -0.39 is 11.0 Å². The van der Waals surface area contributed by atoms with Gasteiger partial charge in [-0.3, -0.25) is 10.1 Å². The standard InChI is InChI=1S/C11H19N5O3/c1-3-5-8(17)6-13-11-9(16(18)19)10(12-4-2)14-7-15-11/h7-8,17H,3-6H2,1-2H3,(H2,12,13,14,15). The fourth-order valence-electron chi connectivity index (χ4n) is 1.63. The molecule has 0 bridgehead atoms. The molecular formula is C11H19N5O3. The Hall–Kier alpha value is -1.96. The van der Waals surface area contributed by atoms with E-state index in [9.17, 15) is 15.2 Å². The van der Waals surface area contributed by atoms with Gasteiger partial charge in [0.15, 0.2) is 0 Å². The lowest BCUT2D eigenvalue weighted by Gasteiger charge is -2.12. The first-order valence-electron chi connectivity index (χ1n) is 6.25. The topological polar surface area (TPSA) is 113 Å². The number of rotatable bonds is 8. The van der Waals surface area contributed by atoms with Crippen LogP contribution in [0.3, 0.4) is 0 Å². The number of hydrogen-bond acceptors (Lipinski definition) is 7. The predicted octanol–water partition coefficient (Wildman–Crippen LogP) is 1.39. The fraction of sp³-hybridized carbons (Fsp3) is 0.636. The van der Waals surface area contributed by atoms with Crippen molar-refractivity contribution in [2.75, 3.05) is 23.7 Å². The predicted molar refractivity (Wildman–Crippen MR) is 72.3 cm³/mol. The lowest BCUT2D eigenvalue weighted by atomic mass is 10.2. The summed E-state index contributed by atoms with van der Waals surface area (Å²) in [5, 5.41) is 26.3. The summed E-state index contributed by atoms with van der Waals surface area (Å²) in [5.74, 6) is 0.293. The third-order valence-corrected chi connectivity index (χ3v) is 2.48. The minimum atomic E-state index is -0.554. The molecule has 0 aromatic carbocycles. The van der Waals surface area contributed by atoms with E-state index in [2.05, 4.69) is 20.6 Å². The van der Waals surface area contributed by atoms with Crippen molar-refractivity contribution in [3.63, 3.8) is 0 Å². The molecule has 1 atom stereocenters. The van der Waals surface area contributed by atoms with Crippen molar-refractivity contribution in [1.29, 1.82) is 0 Å². The average molecular weight is 269 g/mol. The van der Waals surface area contributed by atoms with Gasteiger partial charge in [-0.25, -0.2) is 9.97 Å². The number of aromatic nitrogens is 2. The third kappa shape index (κ3) is 4.32. The SMILES string of the molecule is CCCC(O)CNc1ncnc(NCC)c1[N+](=O)[O-]. The third-order valence-electron chi connectivity index (χ3n) is 2.48. The van der Waals surface area contributed by atoms with Gasteiger partial charge in [0.1, 0.15) is 6.33 Å². The monoisotopic (exact) mass is 269 g/mol. The van der Waals surface area contributed by atoms with Crippen molar-refractivity contribution < 1.29 is 10.0 Å². The molecule has 0 radical (unpaired) electrons. The van der Waals surface area contributed by atoms with Gasteiger partial charge in [0.05, 0.1) is 11.0 Å². The molecule has 0 spiro atoms. The number of aliphatic hydroxyl groups excluding tert-OH is 1. The highest BCUT2D eigenvalue weighted by Gasteiger charge is 2.22. The molecule has 0 aliphatic carbocycles. The van der Waals surface area contributed by atoms with Crippen molar-refractivity contribution in [2.24, 2.45) is 0 Å². The average Bonchev–Trinajstić information content (AvgIpc) is 2.37. The highest BCUT2D eigenvalue weighted by Crippen LogP contribution is 2.28. The Labute approximate surface area is 111 Å². The minimum Gasteiger partial charge on any atom is -0.391 e. The summed E-state index contributed by atoms with van der Waals surface area (Å²) >= 11 is 0. The van der Waals surface area contributed by atoms with Crippen molar-refractivity contribution in [2.45, 2.75) is 32.8 Å². The number of anilines is 2.